The zero-order valence-corrected chi connectivity index (χ0v) is 15.1. The van der Waals surface area contributed by atoms with Gasteiger partial charge in [0, 0.05) is 36.4 Å². The third-order valence-electron chi connectivity index (χ3n) is 4.63. The highest BCUT2D eigenvalue weighted by Crippen LogP contribution is 2.22. The molecule has 0 fully saturated rings. The van der Waals surface area contributed by atoms with Crippen molar-refractivity contribution in [2.75, 3.05) is 18.4 Å². The van der Waals surface area contributed by atoms with Gasteiger partial charge in [-0.15, -0.1) is 0 Å². The second kappa shape index (κ2) is 7.53. The summed E-state index contributed by atoms with van der Waals surface area (Å²) in [7, 11) is 1.96. The van der Waals surface area contributed by atoms with Crippen LogP contribution in [-0.4, -0.2) is 28.5 Å². The minimum atomic E-state index is -0.0724. The predicted octanol–water partition coefficient (Wildman–Crippen LogP) is 4.27. The lowest BCUT2D eigenvalue weighted by Gasteiger charge is -2.18. The molecule has 0 radical (unpaired) electrons. The van der Waals surface area contributed by atoms with Gasteiger partial charge in [-0.2, -0.15) is 0 Å². The molecule has 1 aromatic heterocycles. The van der Waals surface area contributed by atoms with Gasteiger partial charge in [0.15, 0.2) is 0 Å². The third-order valence-corrected chi connectivity index (χ3v) is 4.63. The van der Waals surface area contributed by atoms with E-state index in [2.05, 4.69) is 36.2 Å². The van der Waals surface area contributed by atoms with Gasteiger partial charge in [-0.25, -0.2) is 0 Å². The Kier molecular flexibility index (Phi) is 5.19. The fraction of sp³-hybridized carbons (Fsp3) is 0.286. The molecule has 0 spiro atoms. The summed E-state index contributed by atoms with van der Waals surface area (Å²) < 4.78 is 1.99. The standard InChI is InChI=1S/C21H25N3O/c1-4-24(5-2)14-16-9-8-10-17(13-16)22-21(25)19-15-23(3)20-12-7-6-11-18(19)20/h6-13,15H,4-5,14H2,1-3H3,(H,22,25). The number of para-hydroxylation sites is 1. The molecular weight excluding hydrogens is 310 g/mol. The van der Waals surface area contributed by atoms with E-state index in [4.69, 9.17) is 0 Å². The number of anilines is 1. The summed E-state index contributed by atoms with van der Waals surface area (Å²) in [5.41, 5.74) is 3.80. The number of rotatable bonds is 6. The number of nitrogens with one attached hydrogen (secondary N) is 1. The molecule has 1 amide bonds. The molecule has 130 valence electrons. The van der Waals surface area contributed by atoms with Crippen molar-refractivity contribution in [1.82, 2.24) is 9.47 Å². The van der Waals surface area contributed by atoms with E-state index in [1.807, 2.05) is 54.2 Å². The normalized spacial score (nSPS) is 11.2. The molecule has 25 heavy (non-hydrogen) atoms. The molecule has 0 aliphatic heterocycles. The molecule has 3 aromatic rings. The van der Waals surface area contributed by atoms with E-state index in [9.17, 15) is 4.79 Å². The fourth-order valence-electron chi connectivity index (χ4n) is 3.17. The van der Waals surface area contributed by atoms with Gasteiger partial charge >= 0.3 is 0 Å². The number of carbonyl (C=O) groups is 1. The molecule has 0 aliphatic carbocycles. The van der Waals surface area contributed by atoms with E-state index in [-0.39, 0.29) is 5.91 Å². The molecule has 0 saturated heterocycles. The Bertz CT molecular complexity index is 878. The van der Waals surface area contributed by atoms with Crippen molar-refractivity contribution in [3.63, 3.8) is 0 Å². The van der Waals surface area contributed by atoms with Crippen molar-refractivity contribution < 1.29 is 4.79 Å². The molecule has 0 unspecified atom stereocenters. The Morgan fingerprint density at radius 1 is 1.08 bits per heavy atom. The first-order valence-electron chi connectivity index (χ1n) is 8.79. The summed E-state index contributed by atoms with van der Waals surface area (Å²) in [5, 5.41) is 4.02. The van der Waals surface area contributed by atoms with E-state index >= 15 is 0 Å². The topological polar surface area (TPSA) is 37.3 Å². The second-order valence-electron chi connectivity index (χ2n) is 6.29. The van der Waals surface area contributed by atoms with Crippen molar-refractivity contribution in [2.45, 2.75) is 20.4 Å². The van der Waals surface area contributed by atoms with Crippen molar-refractivity contribution in [2.24, 2.45) is 7.05 Å². The van der Waals surface area contributed by atoms with Crippen LogP contribution >= 0.6 is 0 Å². The minimum Gasteiger partial charge on any atom is -0.350 e. The van der Waals surface area contributed by atoms with Crippen LogP contribution < -0.4 is 5.32 Å². The zero-order valence-electron chi connectivity index (χ0n) is 15.1. The van der Waals surface area contributed by atoms with Crippen LogP contribution in [0.5, 0.6) is 0 Å². The summed E-state index contributed by atoms with van der Waals surface area (Å²) >= 11 is 0. The second-order valence-corrected chi connectivity index (χ2v) is 6.29. The maximum atomic E-state index is 12.8. The van der Waals surface area contributed by atoms with Gasteiger partial charge in [0.1, 0.15) is 0 Å². The molecule has 0 aliphatic rings. The lowest BCUT2D eigenvalue weighted by atomic mass is 10.1. The highest BCUT2D eigenvalue weighted by Gasteiger charge is 2.14. The van der Waals surface area contributed by atoms with Gasteiger partial charge in [-0.05, 0) is 36.9 Å². The summed E-state index contributed by atoms with van der Waals surface area (Å²) in [5.74, 6) is -0.0724. The fourth-order valence-corrected chi connectivity index (χ4v) is 3.17. The number of carbonyl (C=O) groups excluding carboxylic acids is 1. The lowest BCUT2D eigenvalue weighted by molar-refractivity contribution is 0.102. The Morgan fingerprint density at radius 3 is 2.60 bits per heavy atom. The van der Waals surface area contributed by atoms with E-state index in [0.717, 1.165) is 36.2 Å². The Morgan fingerprint density at radius 2 is 1.84 bits per heavy atom. The van der Waals surface area contributed by atoms with Crippen molar-refractivity contribution in [3.05, 3.63) is 65.9 Å². The Hall–Kier alpha value is -2.59. The summed E-state index contributed by atoms with van der Waals surface area (Å²) in [6.07, 6.45) is 1.89. The van der Waals surface area contributed by atoms with Crippen molar-refractivity contribution >= 4 is 22.5 Å². The predicted molar refractivity (Wildman–Crippen MR) is 104 cm³/mol. The molecule has 0 saturated carbocycles. The quantitative estimate of drug-likeness (QED) is 0.730. The third kappa shape index (κ3) is 3.74. The van der Waals surface area contributed by atoms with Crippen LogP contribution in [0.15, 0.2) is 54.7 Å². The van der Waals surface area contributed by atoms with Gasteiger partial charge in [-0.1, -0.05) is 44.2 Å². The minimum absolute atomic E-state index is 0.0724. The highest BCUT2D eigenvalue weighted by atomic mass is 16.1. The van der Waals surface area contributed by atoms with E-state index in [1.54, 1.807) is 0 Å². The van der Waals surface area contributed by atoms with Crippen LogP contribution in [0.4, 0.5) is 5.69 Å². The smallest absolute Gasteiger partial charge is 0.257 e. The lowest BCUT2D eigenvalue weighted by Crippen LogP contribution is -2.22. The first-order valence-corrected chi connectivity index (χ1v) is 8.79. The molecule has 1 N–H and O–H groups in total. The number of hydrogen-bond acceptors (Lipinski definition) is 2. The van der Waals surface area contributed by atoms with Gasteiger partial charge in [0.2, 0.25) is 0 Å². The summed E-state index contributed by atoms with van der Waals surface area (Å²) in [6, 6.07) is 16.1. The van der Waals surface area contributed by atoms with Crippen LogP contribution in [0.2, 0.25) is 0 Å². The number of hydrogen-bond donors (Lipinski definition) is 1. The largest absolute Gasteiger partial charge is 0.350 e. The van der Waals surface area contributed by atoms with Crippen LogP contribution in [0, 0.1) is 0 Å². The number of nitrogens with zero attached hydrogens (tertiary/aromatic N) is 2. The first-order chi connectivity index (χ1) is 12.1. The number of aromatic nitrogens is 1. The molecule has 4 nitrogen and oxygen atoms in total. The Labute approximate surface area is 149 Å². The Balaban J connectivity index is 1.81. The molecule has 4 heteroatoms. The molecule has 3 rings (SSSR count). The summed E-state index contributed by atoms with van der Waals surface area (Å²) in [6.45, 7) is 7.25. The van der Waals surface area contributed by atoms with Crippen molar-refractivity contribution in [3.8, 4) is 0 Å². The zero-order chi connectivity index (χ0) is 17.8. The van der Waals surface area contributed by atoms with E-state index < -0.39 is 0 Å². The highest BCUT2D eigenvalue weighted by molar-refractivity contribution is 6.12. The van der Waals surface area contributed by atoms with E-state index in [1.165, 1.54) is 5.56 Å². The maximum Gasteiger partial charge on any atom is 0.257 e. The van der Waals surface area contributed by atoms with Crippen LogP contribution in [-0.2, 0) is 13.6 Å². The molecule has 1 heterocycles. The average molecular weight is 335 g/mol. The van der Waals surface area contributed by atoms with E-state index in [0.29, 0.717) is 5.56 Å². The van der Waals surface area contributed by atoms with Gasteiger partial charge < -0.3 is 9.88 Å². The van der Waals surface area contributed by atoms with Crippen molar-refractivity contribution in [1.29, 1.82) is 0 Å². The van der Waals surface area contributed by atoms with Gasteiger partial charge in [-0.3, -0.25) is 9.69 Å². The van der Waals surface area contributed by atoms with Gasteiger partial charge in [0.25, 0.3) is 5.91 Å². The molecular formula is C21H25N3O. The number of fused-ring (bicyclic) bond motifs is 1. The number of aryl methyl sites for hydroxylation is 1. The molecule has 0 bridgehead atoms. The monoisotopic (exact) mass is 335 g/mol. The van der Waals surface area contributed by atoms with Gasteiger partial charge in [0.05, 0.1) is 5.56 Å². The maximum absolute atomic E-state index is 12.8. The van der Waals surface area contributed by atoms with Crippen LogP contribution in [0.3, 0.4) is 0 Å². The van der Waals surface area contributed by atoms with Crippen LogP contribution in [0.1, 0.15) is 29.8 Å². The number of amides is 1. The number of benzene rings is 2. The summed E-state index contributed by atoms with van der Waals surface area (Å²) in [4.78, 5) is 15.1. The molecule has 0 atom stereocenters. The van der Waals surface area contributed by atoms with Crippen LogP contribution in [0.25, 0.3) is 10.9 Å². The SMILES string of the molecule is CCN(CC)Cc1cccc(NC(=O)c2cn(C)c3ccccc23)c1. The molecule has 2 aromatic carbocycles. The average Bonchev–Trinajstić information content (AvgIpc) is 2.97. The first kappa shape index (κ1) is 17.2.